The third kappa shape index (κ3) is 6.04. The van der Waals surface area contributed by atoms with Gasteiger partial charge in [-0.1, -0.05) is 12.1 Å². The van der Waals surface area contributed by atoms with Crippen molar-refractivity contribution in [3.8, 4) is 33.3 Å². The molecule has 3 heterocycles. The minimum absolute atomic E-state index is 0.177. The molecule has 2 aromatic carbocycles. The highest BCUT2D eigenvalue weighted by Crippen LogP contribution is 2.37. The molecule has 4 aromatic rings. The maximum atomic E-state index is 14.7. The molecule has 5 rings (SSSR count). The van der Waals surface area contributed by atoms with Crippen LogP contribution in [0.15, 0.2) is 54.7 Å². The Bertz CT molecular complexity index is 1360. The van der Waals surface area contributed by atoms with Crippen molar-refractivity contribution < 1.29 is 19.0 Å². The summed E-state index contributed by atoms with van der Waals surface area (Å²) in [5, 5.41) is 13.3. The van der Waals surface area contributed by atoms with E-state index < -0.39 is 5.82 Å². The highest BCUT2D eigenvalue weighted by Gasteiger charge is 2.17. The Labute approximate surface area is 218 Å². The van der Waals surface area contributed by atoms with E-state index in [1.165, 1.54) is 30.2 Å². The van der Waals surface area contributed by atoms with Crippen LogP contribution in [-0.4, -0.2) is 58.3 Å². The van der Waals surface area contributed by atoms with Crippen LogP contribution in [0.3, 0.4) is 0 Å². The van der Waals surface area contributed by atoms with Crippen LogP contribution in [0.25, 0.3) is 21.8 Å². The van der Waals surface area contributed by atoms with Gasteiger partial charge in [-0.3, -0.25) is 4.90 Å². The van der Waals surface area contributed by atoms with Crippen molar-refractivity contribution in [3.05, 3.63) is 65.6 Å². The summed E-state index contributed by atoms with van der Waals surface area (Å²) in [6.45, 7) is 3.24. The Morgan fingerprint density at radius 1 is 1.11 bits per heavy atom. The summed E-state index contributed by atoms with van der Waals surface area (Å²) < 4.78 is 25.7. The minimum atomic E-state index is -0.446. The molecule has 1 saturated heterocycles. The standard InChI is InChI=1S/C27H28FN5O3S/c1-35-20-6-4-5-18(15-20)25-26(37-24(17-34)32-25)22-9-10-29-27(31-22)30-19-7-8-23(21(28)16-19)36-14-13-33-11-2-3-12-33/h4-10,15-16,34H,2-3,11-14,17H2,1H3,(H,29,30,31). The molecule has 1 fully saturated rings. The summed E-state index contributed by atoms with van der Waals surface area (Å²) in [5.74, 6) is 0.800. The number of aliphatic hydroxyl groups excluding tert-OH is 1. The summed E-state index contributed by atoms with van der Waals surface area (Å²) in [6.07, 6.45) is 4.06. The molecule has 192 valence electrons. The summed E-state index contributed by atoms with van der Waals surface area (Å²) >= 11 is 1.36. The topological polar surface area (TPSA) is 92.6 Å². The van der Waals surface area contributed by atoms with Crippen LogP contribution in [0, 0.1) is 5.82 Å². The molecule has 2 aromatic heterocycles. The molecule has 1 aliphatic rings. The number of hydrogen-bond acceptors (Lipinski definition) is 9. The first-order valence-corrected chi connectivity index (χ1v) is 12.9. The number of anilines is 2. The van der Waals surface area contributed by atoms with E-state index in [0.717, 1.165) is 30.1 Å². The molecule has 2 N–H and O–H groups in total. The second-order valence-corrected chi connectivity index (χ2v) is 9.69. The highest BCUT2D eigenvalue weighted by molar-refractivity contribution is 7.15. The Hall–Kier alpha value is -3.60. The number of thiazole rings is 1. The maximum Gasteiger partial charge on any atom is 0.227 e. The van der Waals surface area contributed by atoms with Crippen molar-refractivity contribution >= 4 is 23.0 Å². The molecule has 10 heteroatoms. The zero-order valence-corrected chi connectivity index (χ0v) is 21.3. The number of rotatable bonds is 10. The molecular weight excluding hydrogens is 493 g/mol. The van der Waals surface area contributed by atoms with Crippen molar-refractivity contribution in [1.29, 1.82) is 0 Å². The number of likely N-dealkylation sites (tertiary alicyclic amines) is 1. The van der Waals surface area contributed by atoms with Gasteiger partial charge in [0.1, 0.15) is 17.4 Å². The number of hydrogen-bond donors (Lipinski definition) is 2. The van der Waals surface area contributed by atoms with Gasteiger partial charge in [0.2, 0.25) is 5.95 Å². The van der Waals surface area contributed by atoms with Gasteiger partial charge in [-0.05, 0) is 56.3 Å². The van der Waals surface area contributed by atoms with E-state index >= 15 is 0 Å². The summed E-state index contributed by atoms with van der Waals surface area (Å²) in [6, 6.07) is 14.1. The maximum absolute atomic E-state index is 14.7. The lowest BCUT2D eigenvalue weighted by atomic mass is 10.1. The van der Waals surface area contributed by atoms with Gasteiger partial charge in [-0.2, -0.15) is 0 Å². The molecule has 0 aliphatic carbocycles. The minimum Gasteiger partial charge on any atom is -0.497 e. The second-order valence-electron chi connectivity index (χ2n) is 8.61. The Kier molecular flexibility index (Phi) is 7.88. The fraction of sp³-hybridized carbons (Fsp3) is 0.296. The van der Waals surface area contributed by atoms with Crippen molar-refractivity contribution in [1.82, 2.24) is 19.9 Å². The fourth-order valence-corrected chi connectivity index (χ4v) is 5.15. The smallest absolute Gasteiger partial charge is 0.227 e. The van der Waals surface area contributed by atoms with Crippen molar-refractivity contribution in [2.75, 3.05) is 38.7 Å². The monoisotopic (exact) mass is 521 g/mol. The number of methoxy groups -OCH3 is 1. The lowest BCUT2D eigenvalue weighted by Gasteiger charge is -2.15. The van der Waals surface area contributed by atoms with Crippen LogP contribution >= 0.6 is 11.3 Å². The van der Waals surface area contributed by atoms with Crippen LogP contribution in [0.1, 0.15) is 17.8 Å². The number of ether oxygens (including phenoxy) is 2. The first kappa shape index (κ1) is 25.1. The zero-order chi connectivity index (χ0) is 25.6. The van der Waals surface area contributed by atoms with Crippen molar-refractivity contribution in [2.24, 2.45) is 0 Å². The van der Waals surface area contributed by atoms with Gasteiger partial charge in [0, 0.05) is 30.1 Å². The average molecular weight is 522 g/mol. The third-order valence-electron chi connectivity index (χ3n) is 6.09. The van der Waals surface area contributed by atoms with E-state index in [2.05, 4.69) is 25.2 Å². The largest absolute Gasteiger partial charge is 0.497 e. The number of nitrogens with zero attached hydrogens (tertiary/aromatic N) is 4. The first-order chi connectivity index (χ1) is 18.1. The average Bonchev–Trinajstić information content (AvgIpc) is 3.60. The summed E-state index contributed by atoms with van der Waals surface area (Å²) in [4.78, 5) is 16.6. The lowest BCUT2D eigenvalue weighted by Crippen LogP contribution is -2.25. The third-order valence-corrected chi connectivity index (χ3v) is 7.15. The van der Waals surface area contributed by atoms with Crippen LogP contribution in [0.2, 0.25) is 0 Å². The SMILES string of the molecule is COc1cccc(-c2nc(CO)sc2-c2ccnc(Nc3ccc(OCCN4CCCC4)c(F)c3)n2)c1. The summed E-state index contributed by atoms with van der Waals surface area (Å²) in [7, 11) is 1.61. The van der Waals surface area contributed by atoms with Crippen molar-refractivity contribution in [2.45, 2.75) is 19.4 Å². The van der Waals surface area contributed by atoms with Crippen LogP contribution in [0.4, 0.5) is 16.0 Å². The molecule has 8 nitrogen and oxygen atoms in total. The fourth-order valence-electron chi connectivity index (χ4n) is 4.23. The van der Waals surface area contributed by atoms with E-state index in [1.807, 2.05) is 24.3 Å². The molecule has 0 saturated carbocycles. The molecule has 0 amide bonds. The quantitative estimate of drug-likeness (QED) is 0.297. The van der Waals surface area contributed by atoms with Gasteiger partial charge >= 0.3 is 0 Å². The molecule has 0 bridgehead atoms. The first-order valence-electron chi connectivity index (χ1n) is 12.1. The molecule has 0 spiro atoms. The van der Waals surface area contributed by atoms with Crippen LogP contribution < -0.4 is 14.8 Å². The molecule has 37 heavy (non-hydrogen) atoms. The lowest BCUT2D eigenvalue weighted by molar-refractivity contribution is 0.231. The van der Waals surface area contributed by atoms with Crippen LogP contribution in [-0.2, 0) is 6.61 Å². The summed E-state index contributed by atoms with van der Waals surface area (Å²) in [5.41, 5.74) is 2.68. The predicted octanol–water partition coefficient (Wildman–Crippen LogP) is 5.13. The van der Waals surface area contributed by atoms with Crippen LogP contribution in [0.5, 0.6) is 11.5 Å². The molecule has 0 atom stereocenters. The van der Waals surface area contributed by atoms with E-state index in [-0.39, 0.29) is 12.4 Å². The molecular formula is C27H28FN5O3S. The number of nitrogens with one attached hydrogen (secondary N) is 1. The number of benzene rings is 2. The number of halogens is 1. The van der Waals surface area contributed by atoms with Gasteiger partial charge in [-0.25, -0.2) is 19.3 Å². The Morgan fingerprint density at radius 2 is 1.97 bits per heavy atom. The Balaban J connectivity index is 1.33. The van der Waals surface area contributed by atoms with Gasteiger partial charge in [-0.15, -0.1) is 11.3 Å². The number of aromatic nitrogens is 3. The van der Waals surface area contributed by atoms with Gasteiger partial charge < -0.3 is 19.9 Å². The van der Waals surface area contributed by atoms with E-state index in [4.69, 9.17) is 9.47 Å². The highest BCUT2D eigenvalue weighted by atomic mass is 32.1. The normalized spacial score (nSPS) is 13.6. The van der Waals surface area contributed by atoms with E-state index in [9.17, 15) is 9.50 Å². The van der Waals surface area contributed by atoms with E-state index in [1.54, 1.807) is 31.5 Å². The van der Waals surface area contributed by atoms with Gasteiger partial charge in [0.15, 0.2) is 11.6 Å². The molecule has 0 radical (unpaired) electrons. The van der Waals surface area contributed by atoms with Crippen molar-refractivity contribution in [3.63, 3.8) is 0 Å². The van der Waals surface area contributed by atoms with Gasteiger partial charge in [0.05, 0.1) is 30.0 Å². The zero-order valence-electron chi connectivity index (χ0n) is 20.5. The Morgan fingerprint density at radius 3 is 2.76 bits per heavy atom. The van der Waals surface area contributed by atoms with Gasteiger partial charge in [0.25, 0.3) is 0 Å². The second kappa shape index (κ2) is 11.6. The predicted molar refractivity (Wildman–Crippen MR) is 142 cm³/mol. The van der Waals surface area contributed by atoms with E-state index in [0.29, 0.717) is 40.4 Å². The molecule has 0 unspecified atom stereocenters. The number of aliphatic hydroxyl groups is 1. The molecule has 1 aliphatic heterocycles.